The number of hydrogen-bond acceptors (Lipinski definition) is 7. The number of carbonyl (C=O) groups excluding carboxylic acids is 2. The van der Waals surface area contributed by atoms with Crippen molar-refractivity contribution < 1.29 is 33.3 Å². The predicted molar refractivity (Wildman–Crippen MR) is 152 cm³/mol. The minimum Gasteiger partial charge on any atom is -0.489 e. The minimum absolute atomic E-state index is 0.0796. The van der Waals surface area contributed by atoms with Gasteiger partial charge in [0.2, 0.25) is 0 Å². The summed E-state index contributed by atoms with van der Waals surface area (Å²) >= 11 is 12.1. The molecule has 8 nitrogen and oxygen atoms in total. The van der Waals surface area contributed by atoms with Crippen LogP contribution in [0.25, 0.3) is 6.08 Å². The smallest absolute Gasteiger partial charge is 0.412 e. The van der Waals surface area contributed by atoms with Gasteiger partial charge in [0.05, 0.1) is 17.2 Å². The van der Waals surface area contributed by atoms with Crippen LogP contribution in [0.5, 0.6) is 17.2 Å². The monoisotopic (exact) mass is 585 g/mol. The fourth-order valence-electron chi connectivity index (χ4n) is 3.78. The third kappa shape index (κ3) is 7.83. The van der Waals surface area contributed by atoms with Gasteiger partial charge in [-0.05, 0) is 79.9 Å². The summed E-state index contributed by atoms with van der Waals surface area (Å²) in [5, 5.41) is 3.41. The summed E-state index contributed by atoms with van der Waals surface area (Å²) in [6.07, 6.45) is 0.342. The molecule has 0 bridgehead atoms. The summed E-state index contributed by atoms with van der Waals surface area (Å²) in [6, 6.07) is 18.1. The predicted octanol–water partition coefficient (Wildman–Crippen LogP) is 7.12. The van der Waals surface area contributed by atoms with Crippen molar-refractivity contribution in [2.75, 3.05) is 13.7 Å². The van der Waals surface area contributed by atoms with Gasteiger partial charge < -0.3 is 23.7 Å². The summed E-state index contributed by atoms with van der Waals surface area (Å²) in [5.41, 5.74) is 1.57. The number of methoxy groups -OCH3 is 1. The number of rotatable bonds is 7. The number of alkyl carbamates (subject to hydrolysis) is 1. The van der Waals surface area contributed by atoms with Crippen molar-refractivity contribution in [3.63, 3.8) is 0 Å². The van der Waals surface area contributed by atoms with Crippen molar-refractivity contribution in [2.45, 2.75) is 39.1 Å². The third-order valence-corrected chi connectivity index (χ3v) is 6.34. The first-order chi connectivity index (χ1) is 19.0. The summed E-state index contributed by atoms with van der Waals surface area (Å²) in [6.45, 7) is 5.77. The van der Waals surface area contributed by atoms with Gasteiger partial charge in [-0.3, -0.25) is 5.32 Å². The van der Waals surface area contributed by atoms with Crippen molar-refractivity contribution in [3.8, 4) is 17.2 Å². The van der Waals surface area contributed by atoms with Gasteiger partial charge >= 0.3 is 12.1 Å². The highest BCUT2D eigenvalue weighted by Crippen LogP contribution is 2.38. The topological polar surface area (TPSA) is 92.3 Å². The number of nitrogens with one attached hydrogen (secondary N) is 1. The third-order valence-electron chi connectivity index (χ3n) is 5.60. The first-order valence-electron chi connectivity index (χ1n) is 12.4. The van der Waals surface area contributed by atoms with E-state index in [9.17, 15) is 9.59 Å². The summed E-state index contributed by atoms with van der Waals surface area (Å²) in [7, 11) is 1.23. The van der Waals surface area contributed by atoms with Gasteiger partial charge in [-0.15, -0.1) is 0 Å². The van der Waals surface area contributed by atoms with E-state index >= 15 is 0 Å². The molecule has 210 valence electrons. The molecule has 1 N–H and O–H groups in total. The second kappa shape index (κ2) is 12.5. The standard InChI is InChI=1S/C30H29Cl2NO7/c1-30(2,3)40-29(35)33-24(28(34)36-4)13-18-9-11-25-26(14-18)38-17-27(39-25)20-6-5-7-21(15-20)37-16-19-8-10-22(31)23(32)12-19/h5-15,27H,16-17H2,1-4H3,(H,33,35)/b24-13+/t27-/m1/s1. The lowest BCUT2D eigenvalue weighted by Gasteiger charge is -2.27. The lowest BCUT2D eigenvalue weighted by Crippen LogP contribution is -2.34. The number of hydrogen-bond donors (Lipinski definition) is 1. The van der Waals surface area contributed by atoms with Crippen LogP contribution in [-0.4, -0.2) is 31.4 Å². The number of halogens is 2. The van der Waals surface area contributed by atoms with Gasteiger partial charge in [-0.2, -0.15) is 0 Å². The van der Waals surface area contributed by atoms with Crippen LogP contribution in [0.15, 0.2) is 66.4 Å². The normalized spacial score (nSPS) is 14.8. The lowest BCUT2D eigenvalue weighted by atomic mass is 10.1. The van der Waals surface area contributed by atoms with Crippen molar-refractivity contribution in [1.82, 2.24) is 5.32 Å². The van der Waals surface area contributed by atoms with Crippen LogP contribution in [-0.2, 0) is 20.9 Å². The minimum atomic E-state index is -0.771. The molecule has 1 heterocycles. The highest BCUT2D eigenvalue weighted by Gasteiger charge is 2.24. The average Bonchev–Trinajstić information content (AvgIpc) is 2.91. The van der Waals surface area contributed by atoms with Crippen molar-refractivity contribution in [2.24, 2.45) is 0 Å². The Kier molecular flexibility index (Phi) is 9.12. The van der Waals surface area contributed by atoms with Crippen LogP contribution in [0.2, 0.25) is 10.0 Å². The molecule has 3 aromatic rings. The Morgan fingerprint density at radius 1 is 1.02 bits per heavy atom. The Bertz CT molecular complexity index is 1430. The van der Waals surface area contributed by atoms with Gasteiger partial charge in [-0.25, -0.2) is 9.59 Å². The van der Waals surface area contributed by atoms with E-state index in [1.807, 2.05) is 30.3 Å². The molecule has 40 heavy (non-hydrogen) atoms. The quantitative estimate of drug-likeness (QED) is 0.233. The Labute approximate surface area is 242 Å². The van der Waals surface area contributed by atoms with Gasteiger partial charge in [0.15, 0.2) is 17.6 Å². The second-order valence-corrected chi connectivity index (χ2v) is 10.7. The fourth-order valence-corrected chi connectivity index (χ4v) is 4.10. The van der Waals surface area contributed by atoms with Crippen molar-refractivity contribution in [1.29, 1.82) is 0 Å². The summed E-state index contributed by atoms with van der Waals surface area (Å²) < 4.78 is 28.2. The SMILES string of the molecule is COC(=O)/C(=C\c1ccc2c(c1)OC[C@H](c1cccc(OCc3ccc(Cl)c(Cl)c3)c1)O2)NC(=O)OC(C)(C)C. The van der Waals surface area contributed by atoms with Crippen LogP contribution in [0, 0.1) is 0 Å². The molecule has 1 aliphatic heterocycles. The van der Waals surface area contributed by atoms with Gasteiger partial charge in [0, 0.05) is 0 Å². The highest BCUT2D eigenvalue weighted by atomic mass is 35.5. The van der Waals surface area contributed by atoms with E-state index in [-0.39, 0.29) is 18.4 Å². The number of esters is 1. The van der Waals surface area contributed by atoms with E-state index in [1.165, 1.54) is 13.2 Å². The Morgan fingerprint density at radius 3 is 2.55 bits per heavy atom. The highest BCUT2D eigenvalue weighted by molar-refractivity contribution is 6.42. The van der Waals surface area contributed by atoms with Gasteiger partial charge in [0.25, 0.3) is 0 Å². The molecule has 0 saturated heterocycles. The van der Waals surface area contributed by atoms with Crippen molar-refractivity contribution >= 4 is 41.3 Å². The van der Waals surface area contributed by atoms with Crippen LogP contribution in [0.4, 0.5) is 4.79 Å². The zero-order chi connectivity index (χ0) is 28.9. The maximum Gasteiger partial charge on any atom is 0.412 e. The fraction of sp³-hybridized carbons (Fsp3) is 0.267. The summed E-state index contributed by atoms with van der Waals surface area (Å²) in [5.74, 6) is 0.988. The molecule has 1 amide bonds. The van der Waals surface area contributed by atoms with Gasteiger partial charge in [-0.1, -0.05) is 47.5 Å². The summed E-state index contributed by atoms with van der Waals surface area (Å²) in [4.78, 5) is 24.5. The first-order valence-corrected chi connectivity index (χ1v) is 13.2. The first kappa shape index (κ1) is 29.1. The molecule has 0 spiro atoms. The molecule has 1 atom stereocenters. The average molecular weight is 586 g/mol. The Hall–Kier alpha value is -3.88. The largest absolute Gasteiger partial charge is 0.489 e. The molecule has 1 aliphatic rings. The number of amides is 1. The Morgan fingerprint density at radius 2 is 1.82 bits per heavy atom. The molecule has 0 aromatic heterocycles. The van der Waals surface area contributed by atoms with Crippen LogP contribution >= 0.6 is 23.2 Å². The van der Waals surface area contributed by atoms with E-state index < -0.39 is 17.7 Å². The second-order valence-electron chi connectivity index (χ2n) is 9.91. The van der Waals surface area contributed by atoms with Crippen LogP contribution < -0.4 is 19.5 Å². The zero-order valence-corrected chi connectivity index (χ0v) is 24.0. The van der Waals surface area contributed by atoms with E-state index in [0.29, 0.717) is 39.5 Å². The molecule has 3 aromatic carbocycles. The van der Waals surface area contributed by atoms with E-state index in [1.54, 1.807) is 51.1 Å². The number of fused-ring (bicyclic) bond motifs is 1. The molecule has 0 unspecified atom stereocenters. The molecule has 0 fully saturated rings. The number of carbonyl (C=O) groups is 2. The van der Waals surface area contributed by atoms with E-state index in [2.05, 4.69) is 5.32 Å². The zero-order valence-electron chi connectivity index (χ0n) is 22.5. The number of ether oxygens (including phenoxy) is 5. The maximum absolute atomic E-state index is 12.3. The molecule has 0 radical (unpaired) electrons. The lowest BCUT2D eigenvalue weighted by molar-refractivity contribution is -0.136. The Balaban J connectivity index is 1.44. The molecule has 10 heteroatoms. The van der Waals surface area contributed by atoms with E-state index in [4.69, 9.17) is 46.9 Å². The number of benzene rings is 3. The molecule has 0 saturated carbocycles. The molecular formula is C30H29Cl2NO7. The molecule has 4 rings (SSSR count). The molecule has 0 aliphatic carbocycles. The molecular weight excluding hydrogens is 557 g/mol. The van der Waals surface area contributed by atoms with Crippen molar-refractivity contribution in [3.05, 3.63) is 93.1 Å². The van der Waals surface area contributed by atoms with E-state index in [0.717, 1.165) is 11.1 Å². The van der Waals surface area contributed by atoms with Crippen LogP contribution in [0.3, 0.4) is 0 Å². The maximum atomic E-state index is 12.3. The van der Waals surface area contributed by atoms with Crippen LogP contribution in [0.1, 0.15) is 43.6 Å². The van der Waals surface area contributed by atoms with Gasteiger partial charge in [0.1, 0.15) is 30.3 Å².